The van der Waals surface area contributed by atoms with E-state index in [0.717, 1.165) is 54.9 Å². The van der Waals surface area contributed by atoms with E-state index in [-0.39, 0.29) is 17.9 Å². The topological polar surface area (TPSA) is 72.8 Å². The number of aromatic nitrogens is 1. The van der Waals surface area contributed by atoms with Crippen LogP contribution in [0.2, 0.25) is 0 Å². The van der Waals surface area contributed by atoms with Crippen LogP contribution in [0.1, 0.15) is 18.4 Å². The third-order valence-electron chi connectivity index (χ3n) is 7.10. The highest BCUT2D eigenvalue weighted by Crippen LogP contribution is 2.19. The van der Waals surface area contributed by atoms with Crippen LogP contribution in [-0.2, 0) is 22.6 Å². The van der Waals surface area contributed by atoms with Crippen molar-refractivity contribution in [2.45, 2.75) is 32.0 Å². The van der Waals surface area contributed by atoms with Crippen molar-refractivity contribution in [3.63, 3.8) is 0 Å². The summed E-state index contributed by atoms with van der Waals surface area (Å²) in [6.45, 7) is 3.64. The molecule has 2 heterocycles. The molecule has 7 heteroatoms. The summed E-state index contributed by atoms with van der Waals surface area (Å²) in [6, 6.07) is 23.3. The highest BCUT2D eigenvalue weighted by Gasteiger charge is 2.18. The van der Waals surface area contributed by atoms with Crippen LogP contribution in [-0.4, -0.2) is 54.8 Å². The fourth-order valence-electron chi connectivity index (χ4n) is 5.01. The molecule has 0 atom stereocenters. The average Bonchev–Trinajstić information content (AvgIpc) is 2.95. The van der Waals surface area contributed by atoms with Crippen molar-refractivity contribution in [1.82, 2.24) is 14.8 Å². The number of nitrogens with one attached hydrogen (secondary N) is 1. The van der Waals surface area contributed by atoms with Gasteiger partial charge in [0, 0.05) is 43.1 Å². The van der Waals surface area contributed by atoms with Gasteiger partial charge in [0.05, 0.1) is 11.0 Å². The number of nitrogens with zero attached hydrogens (tertiary/aromatic N) is 2. The first kappa shape index (κ1) is 25.0. The number of rotatable bonds is 9. The van der Waals surface area contributed by atoms with Gasteiger partial charge in [0.25, 0.3) is 0 Å². The fourth-order valence-corrected chi connectivity index (χ4v) is 5.01. The van der Waals surface area contributed by atoms with Gasteiger partial charge in [-0.3, -0.25) is 14.5 Å². The van der Waals surface area contributed by atoms with E-state index >= 15 is 0 Å². The molecule has 1 aliphatic heterocycles. The van der Waals surface area contributed by atoms with Crippen LogP contribution in [0.5, 0.6) is 5.75 Å². The van der Waals surface area contributed by atoms with E-state index in [4.69, 9.17) is 9.47 Å². The zero-order valence-corrected chi connectivity index (χ0v) is 21.2. The Morgan fingerprint density at radius 3 is 2.38 bits per heavy atom. The van der Waals surface area contributed by atoms with Gasteiger partial charge in [-0.25, -0.2) is 0 Å². The first-order valence-electron chi connectivity index (χ1n) is 12.9. The number of carbonyl (C=O) groups is 1. The van der Waals surface area contributed by atoms with Crippen LogP contribution in [0.3, 0.4) is 0 Å². The number of pyridine rings is 1. The molecular weight excluding hydrogens is 466 g/mol. The molecule has 5 rings (SSSR count). The fraction of sp³-hybridized carbons (Fsp3) is 0.333. The Bertz CT molecular complexity index is 1380. The molecule has 37 heavy (non-hydrogen) atoms. The largest absolute Gasteiger partial charge is 0.492 e. The Morgan fingerprint density at radius 1 is 1.00 bits per heavy atom. The number of fused-ring (bicyclic) bond motifs is 2. The Hall–Kier alpha value is -3.68. The Labute approximate surface area is 216 Å². The van der Waals surface area contributed by atoms with Gasteiger partial charge in [0.2, 0.25) is 5.91 Å². The lowest BCUT2D eigenvalue weighted by Crippen LogP contribution is -2.38. The molecule has 1 aromatic heterocycles. The summed E-state index contributed by atoms with van der Waals surface area (Å²) in [5.41, 5.74) is 2.46. The third-order valence-corrected chi connectivity index (χ3v) is 7.10. The molecule has 0 radical (unpaired) electrons. The summed E-state index contributed by atoms with van der Waals surface area (Å²) < 4.78 is 13.4. The van der Waals surface area contributed by atoms with Gasteiger partial charge in [0.15, 0.2) is 5.43 Å². The van der Waals surface area contributed by atoms with Gasteiger partial charge in [-0.15, -0.1) is 0 Å². The molecule has 0 saturated carbocycles. The molecule has 7 nitrogen and oxygen atoms in total. The van der Waals surface area contributed by atoms with Crippen molar-refractivity contribution in [2.24, 2.45) is 0 Å². The zero-order chi connectivity index (χ0) is 25.6. The second-order valence-corrected chi connectivity index (χ2v) is 9.55. The summed E-state index contributed by atoms with van der Waals surface area (Å²) in [7, 11) is 2.14. The second kappa shape index (κ2) is 11.6. The maximum Gasteiger partial charge on any atom is 0.240 e. The van der Waals surface area contributed by atoms with E-state index in [1.807, 2.05) is 77.4 Å². The molecule has 0 bridgehead atoms. The lowest BCUT2D eigenvalue weighted by Gasteiger charge is -2.31. The standard InChI is InChI=1S/C30H33N3O4/c1-32(23-13-16-36-17-14-23)15-18-37-24-8-6-7-22(19-24)20-31-29(34)21-33-27-11-4-2-9-25(27)30(35)26-10-3-5-12-28(26)33/h2-12,19,23H,13-18,20-21H2,1H3,(H,31,34). The molecule has 192 valence electrons. The van der Waals surface area contributed by atoms with Gasteiger partial charge < -0.3 is 19.4 Å². The number of benzene rings is 3. The van der Waals surface area contributed by atoms with Crippen molar-refractivity contribution in [2.75, 3.05) is 33.4 Å². The van der Waals surface area contributed by atoms with E-state index in [9.17, 15) is 9.59 Å². The number of ether oxygens (including phenoxy) is 2. The lowest BCUT2D eigenvalue weighted by atomic mass is 10.1. The molecule has 1 saturated heterocycles. The summed E-state index contributed by atoms with van der Waals surface area (Å²) in [6.07, 6.45) is 2.13. The lowest BCUT2D eigenvalue weighted by molar-refractivity contribution is -0.121. The molecule has 1 amide bonds. The van der Waals surface area contributed by atoms with Crippen molar-refractivity contribution < 1.29 is 14.3 Å². The van der Waals surface area contributed by atoms with Crippen molar-refractivity contribution in [3.05, 3.63) is 88.6 Å². The van der Waals surface area contributed by atoms with Crippen molar-refractivity contribution in [1.29, 1.82) is 0 Å². The molecular formula is C30H33N3O4. The highest BCUT2D eigenvalue weighted by atomic mass is 16.5. The summed E-state index contributed by atoms with van der Waals surface area (Å²) in [5, 5.41) is 4.25. The number of hydrogen-bond acceptors (Lipinski definition) is 5. The predicted octanol–water partition coefficient (Wildman–Crippen LogP) is 3.96. The van der Waals surface area contributed by atoms with Gasteiger partial charge in [0.1, 0.15) is 18.9 Å². The number of likely N-dealkylation sites (N-methyl/N-ethyl adjacent to an activating group) is 1. The van der Waals surface area contributed by atoms with E-state index < -0.39 is 0 Å². The maximum absolute atomic E-state index is 13.0. The second-order valence-electron chi connectivity index (χ2n) is 9.55. The van der Waals surface area contributed by atoms with E-state index in [1.54, 1.807) is 0 Å². The Kier molecular flexibility index (Phi) is 7.82. The molecule has 0 spiro atoms. The number of hydrogen-bond donors (Lipinski definition) is 1. The molecule has 1 N–H and O–H groups in total. The van der Waals surface area contributed by atoms with Gasteiger partial charge in [-0.1, -0.05) is 36.4 Å². The minimum atomic E-state index is -0.122. The van der Waals surface area contributed by atoms with Crippen LogP contribution in [0.25, 0.3) is 21.8 Å². The first-order valence-corrected chi connectivity index (χ1v) is 12.9. The van der Waals surface area contributed by atoms with Crippen LogP contribution in [0, 0.1) is 0 Å². The van der Waals surface area contributed by atoms with Crippen molar-refractivity contribution in [3.8, 4) is 5.75 Å². The SMILES string of the molecule is CN(CCOc1cccc(CNC(=O)Cn2c3ccccc3c(=O)c3ccccc32)c1)C1CCOCC1. The first-order chi connectivity index (χ1) is 18.1. The van der Waals surface area contributed by atoms with E-state index in [0.29, 0.717) is 30.0 Å². The summed E-state index contributed by atoms with van der Waals surface area (Å²) in [4.78, 5) is 28.3. The zero-order valence-electron chi connectivity index (χ0n) is 21.2. The summed E-state index contributed by atoms with van der Waals surface area (Å²) >= 11 is 0. The third kappa shape index (κ3) is 5.84. The quantitative estimate of drug-likeness (QED) is 0.353. The van der Waals surface area contributed by atoms with Crippen LogP contribution in [0.4, 0.5) is 0 Å². The van der Waals surface area contributed by atoms with Crippen LogP contribution < -0.4 is 15.5 Å². The summed E-state index contributed by atoms with van der Waals surface area (Å²) in [5.74, 6) is 0.674. The maximum atomic E-state index is 13.0. The van der Waals surface area contributed by atoms with Crippen LogP contribution >= 0.6 is 0 Å². The molecule has 1 aliphatic rings. The minimum absolute atomic E-state index is 0.0152. The molecule has 1 fully saturated rings. The van der Waals surface area contributed by atoms with Crippen molar-refractivity contribution >= 4 is 27.7 Å². The van der Waals surface area contributed by atoms with Crippen LogP contribution in [0.15, 0.2) is 77.6 Å². The number of para-hydroxylation sites is 2. The molecule has 0 aliphatic carbocycles. The Balaban J connectivity index is 1.21. The average molecular weight is 500 g/mol. The van der Waals surface area contributed by atoms with Gasteiger partial charge in [-0.2, -0.15) is 0 Å². The predicted molar refractivity (Wildman–Crippen MR) is 146 cm³/mol. The normalized spacial score (nSPS) is 14.3. The smallest absolute Gasteiger partial charge is 0.240 e. The van der Waals surface area contributed by atoms with Gasteiger partial charge >= 0.3 is 0 Å². The van der Waals surface area contributed by atoms with E-state index in [1.165, 1.54) is 0 Å². The number of carbonyl (C=O) groups excluding carboxylic acids is 1. The van der Waals surface area contributed by atoms with E-state index in [2.05, 4.69) is 17.3 Å². The molecule has 3 aromatic carbocycles. The monoisotopic (exact) mass is 499 g/mol. The highest BCUT2D eigenvalue weighted by molar-refractivity contribution is 5.94. The number of amides is 1. The molecule has 4 aromatic rings. The minimum Gasteiger partial charge on any atom is -0.492 e. The van der Waals surface area contributed by atoms with Gasteiger partial charge in [-0.05, 0) is 61.9 Å². The Morgan fingerprint density at radius 2 is 1.68 bits per heavy atom. The molecule has 0 unspecified atom stereocenters.